The summed E-state index contributed by atoms with van der Waals surface area (Å²) in [6, 6.07) is 12.1. The molecule has 4 N–H and O–H groups in total. The highest BCUT2D eigenvalue weighted by Crippen LogP contribution is 2.31. The first-order valence-electron chi connectivity index (χ1n) is 7.85. The number of rotatable bonds is 5. The predicted octanol–water partition coefficient (Wildman–Crippen LogP) is 3.40. The Labute approximate surface area is 159 Å². The van der Waals surface area contributed by atoms with E-state index in [1.807, 2.05) is 0 Å². The van der Waals surface area contributed by atoms with Gasteiger partial charge < -0.3 is 15.3 Å². The average molecular weight is 403 g/mol. The van der Waals surface area contributed by atoms with Gasteiger partial charge in [0.25, 0.3) is 10.0 Å². The number of phenolic OH excluding ortho intramolecular Hbond substituents is 1. The zero-order valence-corrected chi connectivity index (χ0v) is 14.9. The van der Waals surface area contributed by atoms with Crippen LogP contribution in [0.3, 0.4) is 0 Å². The van der Waals surface area contributed by atoms with Crippen molar-refractivity contribution in [3.05, 3.63) is 72.0 Å². The van der Waals surface area contributed by atoms with Gasteiger partial charge in [-0.1, -0.05) is 12.1 Å². The largest absolute Gasteiger partial charge is 0.507 e. The Morgan fingerprint density at radius 2 is 1.68 bits per heavy atom. The van der Waals surface area contributed by atoms with Crippen molar-refractivity contribution in [3.63, 3.8) is 0 Å². The third-order valence-electron chi connectivity index (χ3n) is 3.89. The maximum atomic E-state index is 13.5. The molecule has 3 aromatic carbocycles. The van der Waals surface area contributed by atoms with Crippen LogP contribution in [-0.4, -0.2) is 29.7 Å². The summed E-state index contributed by atoms with van der Waals surface area (Å²) in [4.78, 5) is 10.7. The molecule has 0 aliphatic carbocycles. The van der Waals surface area contributed by atoms with Crippen molar-refractivity contribution in [2.75, 3.05) is 4.72 Å². The van der Waals surface area contributed by atoms with Gasteiger partial charge in [0.05, 0.1) is 10.6 Å². The molecule has 3 rings (SSSR count). The molecule has 0 saturated carbocycles. The van der Waals surface area contributed by atoms with E-state index in [9.17, 15) is 27.8 Å². The van der Waals surface area contributed by atoms with Crippen molar-refractivity contribution in [3.8, 4) is 22.6 Å². The number of anilines is 1. The molecular weight excluding hydrogens is 389 g/mol. The van der Waals surface area contributed by atoms with Gasteiger partial charge in [-0.15, -0.1) is 0 Å². The number of halogens is 1. The van der Waals surface area contributed by atoms with Gasteiger partial charge in [-0.25, -0.2) is 17.6 Å². The Morgan fingerprint density at radius 1 is 0.929 bits per heavy atom. The number of hydrogen-bond acceptors (Lipinski definition) is 5. The summed E-state index contributed by atoms with van der Waals surface area (Å²) in [5.41, 5.74) is -0.00233. The average Bonchev–Trinajstić information content (AvgIpc) is 2.63. The summed E-state index contributed by atoms with van der Waals surface area (Å²) >= 11 is 0. The lowest BCUT2D eigenvalue weighted by atomic mass is 10.0. The predicted molar refractivity (Wildman–Crippen MR) is 99.4 cm³/mol. The minimum atomic E-state index is -4.10. The first-order chi connectivity index (χ1) is 13.2. The maximum absolute atomic E-state index is 13.5. The lowest BCUT2D eigenvalue weighted by Crippen LogP contribution is -2.13. The van der Waals surface area contributed by atoms with Gasteiger partial charge in [-0.2, -0.15) is 0 Å². The molecule has 0 radical (unpaired) electrons. The number of benzene rings is 3. The molecule has 0 aliphatic rings. The molecule has 0 heterocycles. The molecule has 0 atom stereocenters. The fourth-order valence-electron chi connectivity index (χ4n) is 2.56. The van der Waals surface area contributed by atoms with Crippen LogP contribution in [0, 0.1) is 5.82 Å². The van der Waals surface area contributed by atoms with Crippen molar-refractivity contribution < 1.29 is 32.9 Å². The van der Waals surface area contributed by atoms with Gasteiger partial charge >= 0.3 is 5.97 Å². The first kappa shape index (κ1) is 19.2. The van der Waals surface area contributed by atoms with Crippen molar-refractivity contribution >= 4 is 21.7 Å². The minimum absolute atomic E-state index is 0.0403. The van der Waals surface area contributed by atoms with Crippen LogP contribution in [-0.2, 0) is 10.0 Å². The smallest absolute Gasteiger partial charge is 0.339 e. The van der Waals surface area contributed by atoms with E-state index in [2.05, 4.69) is 4.72 Å². The molecule has 0 saturated heterocycles. The van der Waals surface area contributed by atoms with Crippen LogP contribution < -0.4 is 4.72 Å². The Morgan fingerprint density at radius 3 is 2.36 bits per heavy atom. The summed E-state index contributed by atoms with van der Waals surface area (Å²) in [7, 11) is -4.10. The number of carboxylic acid groups (broad SMARTS) is 1. The molecule has 0 fully saturated rings. The number of carbonyl (C=O) groups is 1. The number of nitrogens with one attached hydrogen (secondary N) is 1. The van der Waals surface area contributed by atoms with Crippen molar-refractivity contribution in [2.24, 2.45) is 0 Å². The Hall–Kier alpha value is -3.59. The summed E-state index contributed by atoms with van der Waals surface area (Å²) in [5, 5.41) is 28.5. The molecule has 7 nitrogen and oxygen atoms in total. The molecule has 0 aliphatic heterocycles. The second-order valence-corrected chi connectivity index (χ2v) is 7.51. The number of carboxylic acids is 1. The van der Waals surface area contributed by atoms with Gasteiger partial charge in [0.15, 0.2) is 0 Å². The monoisotopic (exact) mass is 403 g/mol. The fourth-order valence-corrected chi connectivity index (χ4v) is 3.66. The zero-order valence-electron chi connectivity index (χ0n) is 14.1. The van der Waals surface area contributed by atoms with E-state index in [0.717, 1.165) is 30.3 Å². The number of sulfonamides is 1. The Bertz CT molecular complexity index is 1180. The molecule has 0 spiro atoms. The Balaban J connectivity index is 1.96. The summed E-state index contributed by atoms with van der Waals surface area (Å²) < 4.78 is 40.9. The Kier molecular flexibility index (Phi) is 4.93. The van der Waals surface area contributed by atoms with Crippen LogP contribution in [0.4, 0.5) is 10.1 Å². The molecule has 3 aromatic rings. The highest BCUT2D eigenvalue weighted by molar-refractivity contribution is 7.92. The minimum Gasteiger partial charge on any atom is -0.507 e. The second kappa shape index (κ2) is 7.20. The van der Waals surface area contributed by atoms with E-state index in [-0.39, 0.29) is 33.0 Å². The molecule has 0 amide bonds. The van der Waals surface area contributed by atoms with Crippen LogP contribution in [0.1, 0.15) is 10.4 Å². The van der Waals surface area contributed by atoms with Crippen molar-refractivity contribution in [1.82, 2.24) is 0 Å². The molecule has 28 heavy (non-hydrogen) atoms. The molecule has 144 valence electrons. The second-order valence-electron chi connectivity index (χ2n) is 5.83. The van der Waals surface area contributed by atoms with E-state index in [1.54, 1.807) is 0 Å². The zero-order chi connectivity index (χ0) is 20.5. The number of phenols is 2. The number of hydrogen-bond donors (Lipinski definition) is 4. The molecule has 0 aromatic heterocycles. The summed E-state index contributed by atoms with van der Waals surface area (Å²) in [6.07, 6.45) is 0. The lowest BCUT2D eigenvalue weighted by Gasteiger charge is -2.11. The number of aromatic hydroxyl groups is 2. The van der Waals surface area contributed by atoms with E-state index < -0.39 is 27.6 Å². The fraction of sp³-hybridized carbons (Fsp3) is 0. The first-order valence-corrected chi connectivity index (χ1v) is 9.34. The number of aromatic carboxylic acids is 1. The van der Waals surface area contributed by atoms with Crippen LogP contribution in [0.25, 0.3) is 11.1 Å². The molecule has 0 bridgehead atoms. The molecular formula is C19H14FNO6S. The summed E-state index contributed by atoms with van der Waals surface area (Å²) in [6.45, 7) is 0. The van der Waals surface area contributed by atoms with Crippen molar-refractivity contribution in [2.45, 2.75) is 4.90 Å². The van der Waals surface area contributed by atoms with Gasteiger partial charge in [0, 0.05) is 11.6 Å². The van der Waals surface area contributed by atoms with Gasteiger partial charge in [-0.05, 0) is 48.0 Å². The third-order valence-corrected chi connectivity index (χ3v) is 5.27. The highest BCUT2D eigenvalue weighted by atomic mass is 32.2. The molecule has 0 unspecified atom stereocenters. The lowest BCUT2D eigenvalue weighted by molar-refractivity contribution is 0.0693. The van der Waals surface area contributed by atoms with Crippen LogP contribution >= 0.6 is 0 Å². The normalized spacial score (nSPS) is 11.2. The maximum Gasteiger partial charge on any atom is 0.339 e. The van der Waals surface area contributed by atoms with Gasteiger partial charge in [-0.3, -0.25) is 4.72 Å². The third kappa shape index (κ3) is 3.89. The van der Waals surface area contributed by atoms with Gasteiger partial charge in [0.1, 0.15) is 22.9 Å². The van der Waals surface area contributed by atoms with E-state index in [0.29, 0.717) is 0 Å². The quantitative estimate of drug-likeness (QED) is 0.518. The van der Waals surface area contributed by atoms with Crippen molar-refractivity contribution in [1.29, 1.82) is 0 Å². The summed E-state index contributed by atoms with van der Waals surface area (Å²) in [5.74, 6) is -2.74. The van der Waals surface area contributed by atoms with Crippen LogP contribution in [0.5, 0.6) is 11.5 Å². The van der Waals surface area contributed by atoms with Gasteiger partial charge in [0.2, 0.25) is 0 Å². The standard InChI is InChI=1S/C19H14FNO6S/c20-12-4-7-17(22)16(9-12)11-2-1-3-14(8-11)28(26,27)21-13-5-6-15(19(24)25)18(23)10-13/h1-10,21-23H,(H,24,25). The molecule has 9 heteroatoms. The topological polar surface area (TPSA) is 124 Å². The SMILES string of the molecule is O=C(O)c1ccc(NS(=O)(=O)c2cccc(-c3cc(F)ccc3O)c2)cc1O. The highest BCUT2D eigenvalue weighted by Gasteiger charge is 2.18. The van der Waals surface area contributed by atoms with E-state index in [1.165, 1.54) is 30.3 Å². The van der Waals surface area contributed by atoms with Crippen LogP contribution in [0.15, 0.2) is 65.6 Å². The van der Waals surface area contributed by atoms with Crippen LogP contribution in [0.2, 0.25) is 0 Å². The van der Waals surface area contributed by atoms with E-state index in [4.69, 9.17) is 5.11 Å². The van der Waals surface area contributed by atoms with E-state index >= 15 is 0 Å².